The van der Waals surface area contributed by atoms with Crippen molar-refractivity contribution in [2.24, 2.45) is 5.92 Å². The first-order chi connectivity index (χ1) is 8.00. The van der Waals surface area contributed by atoms with Crippen LogP contribution in [0.2, 0.25) is 0 Å². The monoisotopic (exact) mass is 241 g/mol. The Morgan fingerprint density at radius 3 is 2.29 bits per heavy atom. The van der Waals surface area contributed by atoms with E-state index in [0.29, 0.717) is 5.91 Å². The van der Waals surface area contributed by atoms with Gasteiger partial charge in [-0.3, -0.25) is 4.79 Å². The van der Waals surface area contributed by atoms with E-state index in [1.165, 1.54) is 0 Å². The van der Waals surface area contributed by atoms with Crippen LogP contribution in [0.25, 0.3) is 0 Å². The van der Waals surface area contributed by atoms with Gasteiger partial charge in [-0.25, -0.2) is 0 Å². The number of likely N-dealkylation sites (tertiary alicyclic amines) is 1. The molecular formula is C13H27N3O. The number of carbonyl (C=O) groups excluding carboxylic acids is 1. The Morgan fingerprint density at radius 2 is 1.76 bits per heavy atom. The van der Waals surface area contributed by atoms with Crippen LogP contribution in [0.4, 0.5) is 0 Å². The zero-order chi connectivity index (χ0) is 12.8. The van der Waals surface area contributed by atoms with Gasteiger partial charge in [-0.05, 0) is 60.0 Å². The van der Waals surface area contributed by atoms with Crippen molar-refractivity contribution in [2.75, 3.05) is 54.4 Å². The summed E-state index contributed by atoms with van der Waals surface area (Å²) >= 11 is 0. The molecule has 0 bridgehead atoms. The van der Waals surface area contributed by atoms with Gasteiger partial charge in [0.2, 0.25) is 5.91 Å². The van der Waals surface area contributed by atoms with Crippen molar-refractivity contribution >= 4 is 5.91 Å². The minimum atomic E-state index is 0.260. The first-order valence-electron chi connectivity index (χ1n) is 6.59. The molecule has 0 N–H and O–H groups in total. The molecule has 4 nitrogen and oxygen atoms in total. The van der Waals surface area contributed by atoms with E-state index in [1.54, 1.807) is 0 Å². The zero-order valence-electron chi connectivity index (χ0n) is 11.8. The van der Waals surface area contributed by atoms with Crippen molar-refractivity contribution in [1.82, 2.24) is 14.7 Å². The lowest BCUT2D eigenvalue weighted by Gasteiger charge is -2.31. The van der Waals surface area contributed by atoms with E-state index in [1.807, 2.05) is 11.9 Å². The van der Waals surface area contributed by atoms with Crippen LogP contribution in [-0.2, 0) is 4.79 Å². The summed E-state index contributed by atoms with van der Waals surface area (Å²) < 4.78 is 0. The largest absolute Gasteiger partial charge is 0.345 e. The number of piperidine rings is 1. The van der Waals surface area contributed by atoms with E-state index in [4.69, 9.17) is 0 Å². The highest BCUT2D eigenvalue weighted by Crippen LogP contribution is 2.18. The number of hydrogen-bond acceptors (Lipinski definition) is 3. The molecule has 1 saturated heterocycles. The zero-order valence-corrected chi connectivity index (χ0v) is 11.8. The van der Waals surface area contributed by atoms with Crippen molar-refractivity contribution in [1.29, 1.82) is 0 Å². The van der Waals surface area contributed by atoms with Crippen LogP contribution in [0.1, 0.15) is 19.3 Å². The molecule has 1 amide bonds. The standard InChI is InChI=1S/C13H27N3O/c1-14(2)8-5-9-16(4)13(17)12-6-10-15(3)11-7-12/h12H,5-11H2,1-4H3. The lowest BCUT2D eigenvalue weighted by atomic mass is 9.96. The molecule has 4 heteroatoms. The summed E-state index contributed by atoms with van der Waals surface area (Å²) in [5.41, 5.74) is 0. The highest BCUT2D eigenvalue weighted by Gasteiger charge is 2.25. The number of rotatable bonds is 5. The van der Waals surface area contributed by atoms with Crippen LogP contribution >= 0.6 is 0 Å². The van der Waals surface area contributed by atoms with E-state index in [9.17, 15) is 4.79 Å². The second-order valence-electron chi connectivity index (χ2n) is 5.49. The van der Waals surface area contributed by atoms with Crippen molar-refractivity contribution in [3.8, 4) is 0 Å². The average molecular weight is 241 g/mol. The highest BCUT2D eigenvalue weighted by atomic mass is 16.2. The van der Waals surface area contributed by atoms with Gasteiger partial charge >= 0.3 is 0 Å². The van der Waals surface area contributed by atoms with E-state index in [2.05, 4.69) is 30.9 Å². The predicted octanol–water partition coefficient (Wildman–Crippen LogP) is 0.738. The van der Waals surface area contributed by atoms with Gasteiger partial charge in [-0.1, -0.05) is 0 Å². The molecule has 100 valence electrons. The second-order valence-corrected chi connectivity index (χ2v) is 5.49. The van der Waals surface area contributed by atoms with Gasteiger partial charge in [0.05, 0.1) is 0 Å². The summed E-state index contributed by atoms with van der Waals surface area (Å²) in [6, 6.07) is 0. The van der Waals surface area contributed by atoms with Crippen LogP contribution < -0.4 is 0 Å². The molecule has 0 radical (unpaired) electrons. The summed E-state index contributed by atoms with van der Waals surface area (Å²) in [7, 11) is 8.20. The van der Waals surface area contributed by atoms with Crippen molar-refractivity contribution in [3.63, 3.8) is 0 Å². The summed E-state index contributed by atoms with van der Waals surface area (Å²) in [6.07, 6.45) is 3.10. The first kappa shape index (κ1) is 14.5. The van der Waals surface area contributed by atoms with Crippen LogP contribution in [0.3, 0.4) is 0 Å². The third kappa shape index (κ3) is 5.04. The molecule has 1 fully saturated rings. The van der Waals surface area contributed by atoms with Crippen LogP contribution in [0.15, 0.2) is 0 Å². The van der Waals surface area contributed by atoms with Gasteiger partial charge in [-0.2, -0.15) is 0 Å². The maximum atomic E-state index is 12.2. The van der Waals surface area contributed by atoms with Crippen LogP contribution in [0, 0.1) is 5.92 Å². The van der Waals surface area contributed by atoms with Crippen LogP contribution in [0.5, 0.6) is 0 Å². The molecule has 1 rings (SSSR count). The van der Waals surface area contributed by atoms with E-state index in [-0.39, 0.29) is 5.92 Å². The Hall–Kier alpha value is -0.610. The highest BCUT2D eigenvalue weighted by molar-refractivity contribution is 5.78. The topological polar surface area (TPSA) is 26.8 Å². The Morgan fingerprint density at radius 1 is 1.18 bits per heavy atom. The Balaban J connectivity index is 2.26. The number of amides is 1. The third-order valence-electron chi connectivity index (χ3n) is 3.54. The van der Waals surface area contributed by atoms with Gasteiger partial charge in [0.25, 0.3) is 0 Å². The van der Waals surface area contributed by atoms with E-state index < -0.39 is 0 Å². The molecule has 0 aromatic rings. The molecule has 0 spiro atoms. The fourth-order valence-corrected chi connectivity index (χ4v) is 2.30. The van der Waals surface area contributed by atoms with Gasteiger partial charge in [0.1, 0.15) is 0 Å². The van der Waals surface area contributed by atoms with Gasteiger partial charge < -0.3 is 14.7 Å². The van der Waals surface area contributed by atoms with E-state index >= 15 is 0 Å². The summed E-state index contributed by atoms with van der Waals surface area (Å²) in [6.45, 7) is 4.04. The molecule has 0 aromatic heterocycles. The van der Waals surface area contributed by atoms with Crippen molar-refractivity contribution in [2.45, 2.75) is 19.3 Å². The quantitative estimate of drug-likeness (QED) is 0.710. The molecular weight excluding hydrogens is 214 g/mol. The molecule has 0 saturated carbocycles. The smallest absolute Gasteiger partial charge is 0.225 e. The maximum Gasteiger partial charge on any atom is 0.225 e. The lowest BCUT2D eigenvalue weighted by molar-refractivity contribution is -0.135. The Labute approximate surface area is 106 Å². The summed E-state index contributed by atoms with van der Waals surface area (Å²) in [5.74, 6) is 0.604. The summed E-state index contributed by atoms with van der Waals surface area (Å²) in [5, 5.41) is 0. The normalized spacial score (nSPS) is 18.6. The van der Waals surface area contributed by atoms with Gasteiger partial charge in [0.15, 0.2) is 0 Å². The lowest BCUT2D eigenvalue weighted by Crippen LogP contribution is -2.40. The molecule has 0 atom stereocenters. The van der Waals surface area contributed by atoms with Crippen LogP contribution in [-0.4, -0.2) is 75.0 Å². The Bertz CT molecular complexity index is 235. The summed E-state index contributed by atoms with van der Waals surface area (Å²) in [4.78, 5) is 18.6. The predicted molar refractivity (Wildman–Crippen MR) is 71.0 cm³/mol. The first-order valence-corrected chi connectivity index (χ1v) is 6.59. The van der Waals surface area contributed by atoms with Crippen molar-refractivity contribution in [3.05, 3.63) is 0 Å². The average Bonchev–Trinajstić information content (AvgIpc) is 2.28. The number of hydrogen-bond donors (Lipinski definition) is 0. The second kappa shape index (κ2) is 6.97. The molecule has 0 aliphatic carbocycles. The van der Waals surface area contributed by atoms with Gasteiger partial charge in [-0.15, -0.1) is 0 Å². The molecule has 17 heavy (non-hydrogen) atoms. The number of nitrogens with zero attached hydrogens (tertiary/aromatic N) is 3. The maximum absolute atomic E-state index is 12.2. The van der Waals surface area contributed by atoms with Gasteiger partial charge in [0, 0.05) is 19.5 Å². The Kier molecular flexibility index (Phi) is 5.92. The SMILES string of the molecule is CN(C)CCCN(C)C(=O)C1CCN(C)CC1. The molecule has 1 aliphatic heterocycles. The van der Waals surface area contributed by atoms with Crippen molar-refractivity contribution < 1.29 is 4.79 Å². The third-order valence-corrected chi connectivity index (χ3v) is 3.54. The van der Waals surface area contributed by atoms with E-state index in [0.717, 1.165) is 45.4 Å². The molecule has 0 unspecified atom stereocenters. The molecule has 0 aromatic carbocycles. The molecule has 1 aliphatic rings. The number of carbonyl (C=O) groups is 1. The fraction of sp³-hybridized carbons (Fsp3) is 0.923. The fourth-order valence-electron chi connectivity index (χ4n) is 2.30. The minimum absolute atomic E-state index is 0.260. The minimum Gasteiger partial charge on any atom is -0.345 e. The molecule has 1 heterocycles.